The first kappa shape index (κ1) is 20.7. The summed E-state index contributed by atoms with van der Waals surface area (Å²) in [6.07, 6.45) is 0. The molecular formula is C29H24N2O2. The summed E-state index contributed by atoms with van der Waals surface area (Å²) < 4.78 is 0. The van der Waals surface area contributed by atoms with Gasteiger partial charge in [-0.2, -0.15) is 0 Å². The van der Waals surface area contributed by atoms with Gasteiger partial charge < -0.3 is 10.2 Å². The van der Waals surface area contributed by atoms with Crippen LogP contribution in [0, 0.1) is 6.92 Å². The van der Waals surface area contributed by atoms with E-state index in [-0.39, 0.29) is 24.4 Å². The molecule has 33 heavy (non-hydrogen) atoms. The zero-order valence-electron chi connectivity index (χ0n) is 18.4. The summed E-state index contributed by atoms with van der Waals surface area (Å²) in [6, 6.07) is 33.1. The lowest BCUT2D eigenvalue weighted by molar-refractivity contribution is -0.117. The van der Waals surface area contributed by atoms with Gasteiger partial charge in [0, 0.05) is 16.8 Å². The molecule has 4 nitrogen and oxygen atoms in total. The Hall–Kier alpha value is -4.18. The molecule has 0 radical (unpaired) electrons. The van der Waals surface area contributed by atoms with Crippen molar-refractivity contribution in [1.82, 2.24) is 4.90 Å². The van der Waals surface area contributed by atoms with Crippen molar-refractivity contribution in [3.8, 4) is 11.1 Å². The molecule has 1 aliphatic rings. The first-order chi connectivity index (χ1) is 16.1. The minimum atomic E-state index is -0.374. The number of hydrogen-bond donors (Lipinski definition) is 1. The predicted molar refractivity (Wildman–Crippen MR) is 131 cm³/mol. The van der Waals surface area contributed by atoms with Crippen LogP contribution in [-0.4, -0.2) is 23.3 Å². The molecule has 4 heteroatoms. The lowest BCUT2D eigenvalue weighted by Crippen LogP contribution is -2.39. The van der Waals surface area contributed by atoms with Gasteiger partial charge in [0.2, 0.25) is 5.91 Å². The van der Waals surface area contributed by atoms with Crippen molar-refractivity contribution in [2.45, 2.75) is 13.0 Å². The molecule has 0 unspecified atom stereocenters. The fourth-order valence-electron chi connectivity index (χ4n) is 4.41. The Morgan fingerprint density at radius 2 is 1.45 bits per heavy atom. The highest BCUT2D eigenvalue weighted by atomic mass is 16.2. The lowest BCUT2D eigenvalue weighted by Gasteiger charge is -2.31. The number of nitrogens with zero attached hydrogens (tertiary/aromatic N) is 1. The van der Waals surface area contributed by atoms with Crippen LogP contribution in [0.1, 0.15) is 33.1 Å². The fourth-order valence-corrected chi connectivity index (χ4v) is 4.41. The minimum Gasteiger partial charge on any atom is -0.324 e. The molecule has 1 N–H and O–H groups in total. The number of amides is 2. The molecule has 2 amide bonds. The number of carbonyl (C=O) groups excluding carboxylic acids is 2. The van der Waals surface area contributed by atoms with Crippen molar-refractivity contribution in [2.75, 3.05) is 11.9 Å². The van der Waals surface area contributed by atoms with Crippen LogP contribution in [0.4, 0.5) is 5.69 Å². The number of carbonyl (C=O) groups is 2. The molecular weight excluding hydrogens is 408 g/mol. The van der Waals surface area contributed by atoms with Gasteiger partial charge in [0.15, 0.2) is 0 Å². The third-order valence-corrected chi connectivity index (χ3v) is 6.02. The van der Waals surface area contributed by atoms with Crippen molar-refractivity contribution in [2.24, 2.45) is 0 Å². The highest BCUT2D eigenvalue weighted by molar-refractivity contribution is 6.01. The molecule has 0 saturated heterocycles. The molecule has 0 bridgehead atoms. The summed E-state index contributed by atoms with van der Waals surface area (Å²) in [4.78, 5) is 28.2. The quantitative estimate of drug-likeness (QED) is 0.442. The molecule has 1 aliphatic heterocycles. The second-order valence-electron chi connectivity index (χ2n) is 8.33. The van der Waals surface area contributed by atoms with E-state index in [2.05, 4.69) is 11.4 Å². The Bertz CT molecular complexity index is 1300. The van der Waals surface area contributed by atoms with E-state index < -0.39 is 0 Å². The van der Waals surface area contributed by atoms with Crippen LogP contribution >= 0.6 is 0 Å². The highest BCUT2D eigenvalue weighted by Crippen LogP contribution is 2.37. The van der Waals surface area contributed by atoms with Gasteiger partial charge in [0.05, 0.1) is 6.04 Å². The molecule has 0 aliphatic carbocycles. The Kier molecular flexibility index (Phi) is 5.49. The van der Waals surface area contributed by atoms with E-state index in [1.54, 1.807) is 4.90 Å². The van der Waals surface area contributed by atoms with Crippen LogP contribution in [0.15, 0.2) is 103 Å². The maximum atomic E-state index is 13.8. The third-order valence-electron chi connectivity index (χ3n) is 6.02. The molecule has 0 aromatic heterocycles. The Labute approximate surface area is 193 Å². The first-order valence-electron chi connectivity index (χ1n) is 11.0. The number of aryl methyl sites for hydroxylation is 1. The van der Waals surface area contributed by atoms with Crippen LogP contribution in [0.3, 0.4) is 0 Å². The summed E-state index contributed by atoms with van der Waals surface area (Å²) in [5.41, 5.74) is 6.40. The second kappa shape index (κ2) is 8.75. The minimum absolute atomic E-state index is 0.0213. The molecule has 0 saturated carbocycles. The van der Waals surface area contributed by atoms with Gasteiger partial charge in [0.25, 0.3) is 5.91 Å². The van der Waals surface area contributed by atoms with E-state index in [0.717, 1.165) is 33.5 Å². The highest BCUT2D eigenvalue weighted by Gasteiger charge is 2.34. The van der Waals surface area contributed by atoms with E-state index in [0.29, 0.717) is 5.56 Å². The monoisotopic (exact) mass is 432 g/mol. The standard InChI is InChI=1S/C29H24N2O2/c1-20-12-17-26-25(18-20)28(23-10-6-3-7-11-23)31(19-27(32)30-26)29(33)24-15-13-22(14-16-24)21-8-4-2-5-9-21/h2-18,28H,19H2,1H3,(H,30,32)/t28-/m1/s1. The van der Waals surface area contributed by atoms with Gasteiger partial charge >= 0.3 is 0 Å². The molecule has 5 rings (SSSR count). The lowest BCUT2D eigenvalue weighted by atomic mass is 9.94. The number of fused-ring (bicyclic) bond motifs is 1. The number of benzene rings is 4. The number of hydrogen-bond acceptors (Lipinski definition) is 2. The molecule has 4 aromatic rings. The van der Waals surface area contributed by atoms with Crippen molar-refractivity contribution in [1.29, 1.82) is 0 Å². The van der Waals surface area contributed by atoms with Crippen molar-refractivity contribution in [3.05, 3.63) is 125 Å². The summed E-state index contributed by atoms with van der Waals surface area (Å²) in [7, 11) is 0. The molecule has 4 aromatic carbocycles. The average Bonchev–Trinajstić information content (AvgIpc) is 3.00. The second-order valence-corrected chi connectivity index (χ2v) is 8.33. The van der Waals surface area contributed by atoms with Gasteiger partial charge in [-0.1, -0.05) is 90.5 Å². The summed E-state index contributed by atoms with van der Waals surface area (Å²) in [5, 5.41) is 2.98. The Balaban J connectivity index is 1.57. The van der Waals surface area contributed by atoms with E-state index in [1.807, 2.05) is 104 Å². The molecule has 0 fully saturated rings. The number of rotatable bonds is 3. The number of nitrogens with one attached hydrogen (secondary N) is 1. The summed E-state index contributed by atoms with van der Waals surface area (Å²) in [5.74, 6) is -0.374. The van der Waals surface area contributed by atoms with Crippen molar-refractivity contribution >= 4 is 17.5 Å². The van der Waals surface area contributed by atoms with Crippen LogP contribution in [0.5, 0.6) is 0 Å². The van der Waals surface area contributed by atoms with Crippen LogP contribution in [-0.2, 0) is 4.79 Å². The topological polar surface area (TPSA) is 49.4 Å². The third kappa shape index (κ3) is 4.15. The van der Waals surface area contributed by atoms with Crippen molar-refractivity contribution < 1.29 is 9.59 Å². The summed E-state index contributed by atoms with van der Waals surface area (Å²) >= 11 is 0. The molecule has 162 valence electrons. The fraction of sp³-hybridized carbons (Fsp3) is 0.103. The zero-order valence-corrected chi connectivity index (χ0v) is 18.4. The smallest absolute Gasteiger partial charge is 0.255 e. The van der Waals surface area contributed by atoms with Gasteiger partial charge in [0.1, 0.15) is 6.54 Å². The van der Waals surface area contributed by atoms with E-state index in [1.165, 1.54) is 0 Å². The SMILES string of the molecule is Cc1ccc2c(c1)[C@@H](c1ccccc1)N(C(=O)c1ccc(-c3ccccc3)cc1)CC(=O)N2. The summed E-state index contributed by atoms with van der Waals surface area (Å²) in [6.45, 7) is 2.00. The van der Waals surface area contributed by atoms with E-state index in [4.69, 9.17) is 0 Å². The molecule has 1 atom stereocenters. The molecule has 0 spiro atoms. The van der Waals surface area contributed by atoms with Crippen molar-refractivity contribution in [3.63, 3.8) is 0 Å². The van der Waals surface area contributed by atoms with E-state index in [9.17, 15) is 9.59 Å². The Morgan fingerprint density at radius 1 is 0.818 bits per heavy atom. The largest absolute Gasteiger partial charge is 0.324 e. The first-order valence-corrected chi connectivity index (χ1v) is 11.0. The maximum absolute atomic E-state index is 13.8. The normalized spacial score (nSPS) is 15.4. The predicted octanol–water partition coefficient (Wildman–Crippen LogP) is 5.85. The van der Waals surface area contributed by atoms with Gasteiger partial charge in [-0.05, 0) is 41.8 Å². The zero-order chi connectivity index (χ0) is 22.8. The van der Waals surface area contributed by atoms with Crippen LogP contribution in [0.2, 0.25) is 0 Å². The van der Waals surface area contributed by atoms with Gasteiger partial charge in [-0.3, -0.25) is 9.59 Å². The van der Waals surface area contributed by atoms with Gasteiger partial charge in [-0.25, -0.2) is 0 Å². The van der Waals surface area contributed by atoms with Crippen LogP contribution in [0.25, 0.3) is 11.1 Å². The average molecular weight is 433 g/mol. The van der Waals surface area contributed by atoms with Crippen LogP contribution < -0.4 is 5.32 Å². The molecule has 1 heterocycles. The Morgan fingerprint density at radius 3 is 2.15 bits per heavy atom. The van der Waals surface area contributed by atoms with Gasteiger partial charge in [-0.15, -0.1) is 0 Å². The maximum Gasteiger partial charge on any atom is 0.255 e. The number of anilines is 1. The van der Waals surface area contributed by atoms with E-state index >= 15 is 0 Å².